The minimum atomic E-state index is -4.49. The number of hydrogen-bond acceptors (Lipinski definition) is 5. The first-order chi connectivity index (χ1) is 15.2. The molecule has 166 valence electrons. The lowest BCUT2D eigenvalue weighted by Crippen LogP contribution is -2.33. The molecule has 32 heavy (non-hydrogen) atoms. The van der Waals surface area contributed by atoms with Gasteiger partial charge in [0.05, 0.1) is 35.8 Å². The quantitative estimate of drug-likeness (QED) is 0.604. The van der Waals surface area contributed by atoms with Crippen molar-refractivity contribution in [2.24, 2.45) is 10.2 Å². The van der Waals surface area contributed by atoms with Gasteiger partial charge in [-0.15, -0.1) is 0 Å². The van der Waals surface area contributed by atoms with Crippen molar-refractivity contribution in [1.82, 2.24) is 15.5 Å². The molecule has 0 spiro atoms. The highest BCUT2D eigenvalue weighted by Gasteiger charge is 2.28. The average molecular weight is 443 g/mol. The molecule has 0 radical (unpaired) electrons. The second kappa shape index (κ2) is 8.45. The van der Waals surface area contributed by atoms with Gasteiger partial charge in [-0.1, -0.05) is 12.1 Å². The van der Waals surface area contributed by atoms with Crippen LogP contribution in [0.25, 0.3) is 10.9 Å². The molecule has 1 aliphatic rings. The summed E-state index contributed by atoms with van der Waals surface area (Å²) in [5, 5.41) is 18.5. The molecule has 2 heterocycles. The van der Waals surface area contributed by atoms with Gasteiger partial charge in [-0.3, -0.25) is 9.89 Å². The molecule has 3 aromatic rings. The molecule has 0 saturated carbocycles. The minimum absolute atomic E-state index is 0.0179. The Bertz CT molecular complexity index is 1240. The highest BCUT2D eigenvalue weighted by molar-refractivity contribution is 6.16. The Morgan fingerprint density at radius 1 is 1.22 bits per heavy atom. The molecule has 2 N–H and O–H groups in total. The highest BCUT2D eigenvalue weighted by Crippen LogP contribution is 2.25. The Labute approximate surface area is 181 Å². The lowest BCUT2D eigenvalue weighted by Gasteiger charge is -2.12. The fourth-order valence-electron chi connectivity index (χ4n) is 3.60. The highest BCUT2D eigenvalue weighted by atomic mass is 19.4. The van der Waals surface area contributed by atoms with Crippen LogP contribution in [0.3, 0.4) is 0 Å². The molecule has 1 aromatic heterocycles. The molecule has 0 atom stereocenters. The second-order valence-electron chi connectivity index (χ2n) is 7.46. The molecule has 7 nitrogen and oxygen atoms in total. The number of rotatable bonds is 6. The summed E-state index contributed by atoms with van der Waals surface area (Å²) >= 11 is 0. The zero-order valence-electron chi connectivity index (χ0n) is 17.4. The molecule has 10 heteroatoms. The molecule has 1 aliphatic heterocycles. The zero-order chi connectivity index (χ0) is 22.9. The van der Waals surface area contributed by atoms with Crippen molar-refractivity contribution >= 4 is 28.2 Å². The van der Waals surface area contributed by atoms with Gasteiger partial charge in [0.15, 0.2) is 0 Å². The average Bonchev–Trinajstić information content (AvgIpc) is 3.43. The zero-order valence-corrected chi connectivity index (χ0v) is 17.4. The molecular weight excluding hydrogens is 423 g/mol. The number of amides is 1. The number of fused-ring (bicyclic) bond motifs is 1. The van der Waals surface area contributed by atoms with Gasteiger partial charge >= 0.3 is 6.18 Å². The summed E-state index contributed by atoms with van der Waals surface area (Å²) in [5.41, 5.74) is 5.52. The first kappa shape index (κ1) is 21.5. The minimum Gasteiger partial charge on any atom is -0.496 e. The Morgan fingerprint density at radius 2 is 2.03 bits per heavy atom. The summed E-state index contributed by atoms with van der Waals surface area (Å²) in [4.78, 5) is 12.1. The van der Waals surface area contributed by atoms with Gasteiger partial charge in [-0.2, -0.15) is 28.5 Å². The molecule has 0 fully saturated rings. The normalized spacial score (nSPS) is 13.8. The SMILES string of the molecule is COc1cc(C2=NN=C(Cc3ccc4[nH]ncc4c3C)C2)ccc1C(=O)NCC(F)(F)F. The predicted molar refractivity (Wildman–Crippen MR) is 115 cm³/mol. The molecule has 2 aromatic carbocycles. The number of methoxy groups -OCH3 is 1. The van der Waals surface area contributed by atoms with Gasteiger partial charge in [0.1, 0.15) is 12.3 Å². The van der Waals surface area contributed by atoms with Crippen molar-refractivity contribution in [3.8, 4) is 5.75 Å². The number of nitrogens with zero attached hydrogens (tertiary/aromatic N) is 3. The van der Waals surface area contributed by atoms with Gasteiger partial charge in [0.25, 0.3) is 5.91 Å². The predicted octanol–water partition coefficient (Wildman–Crippen LogP) is 3.96. The number of ether oxygens (including phenoxy) is 1. The second-order valence-corrected chi connectivity index (χ2v) is 7.46. The Balaban J connectivity index is 1.46. The lowest BCUT2D eigenvalue weighted by atomic mass is 9.96. The van der Waals surface area contributed by atoms with E-state index in [0.29, 0.717) is 24.1 Å². The van der Waals surface area contributed by atoms with Crippen LogP contribution < -0.4 is 10.1 Å². The third-order valence-electron chi connectivity index (χ3n) is 5.31. The van der Waals surface area contributed by atoms with Crippen molar-refractivity contribution in [3.05, 3.63) is 58.8 Å². The van der Waals surface area contributed by atoms with Gasteiger partial charge in [-0.25, -0.2) is 0 Å². The van der Waals surface area contributed by atoms with E-state index in [1.807, 2.05) is 24.4 Å². The Morgan fingerprint density at radius 3 is 2.78 bits per heavy atom. The van der Waals surface area contributed by atoms with E-state index in [1.165, 1.54) is 13.2 Å². The number of aryl methyl sites for hydroxylation is 1. The van der Waals surface area contributed by atoms with E-state index in [9.17, 15) is 18.0 Å². The number of H-pyrrole nitrogens is 1. The number of alkyl halides is 3. The molecule has 0 aliphatic carbocycles. The maximum Gasteiger partial charge on any atom is 0.405 e. The van der Waals surface area contributed by atoms with Crippen molar-refractivity contribution < 1.29 is 22.7 Å². The van der Waals surface area contributed by atoms with Crippen LogP contribution in [0.15, 0.2) is 46.7 Å². The molecule has 1 amide bonds. The summed E-state index contributed by atoms with van der Waals surface area (Å²) in [6.07, 6.45) is -1.54. The van der Waals surface area contributed by atoms with E-state index in [4.69, 9.17) is 4.74 Å². The molecule has 0 unspecified atom stereocenters. The summed E-state index contributed by atoms with van der Waals surface area (Å²) in [6, 6.07) is 8.66. The number of aromatic nitrogens is 2. The lowest BCUT2D eigenvalue weighted by molar-refractivity contribution is -0.123. The van der Waals surface area contributed by atoms with Crippen LogP contribution in [0.4, 0.5) is 13.2 Å². The van der Waals surface area contributed by atoms with Crippen molar-refractivity contribution in [2.75, 3.05) is 13.7 Å². The first-order valence-electron chi connectivity index (χ1n) is 9.82. The number of benzene rings is 2. The van der Waals surface area contributed by atoms with Crippen LogP contribution >= 0.6 is 0 Å². The molecule has 0 saturated heterocycles. The van der Waals surface area contributed by atoms with Crippen molar-refractivity contribution in [1.29, 1.82) is 0 Å². The van der Waals surface area contributed by atoms with Crippen molar-refractivity contribution in [2.45, 2.75) is 25.9 Å². The summed E-state index contributed by atoms with van der Waals surface area (Å²) in [5.74, 6) is -0.694. The summed E-state index contributed by atoms with van der Waals surface area (Å²) in [7, 11) is 1.35. The van der Waals surface area contributed by atoms with E-state index in [0.717, 1.165) is 27.7 Å². The maximum atomic E-state index is 12.4. The van der Waals surface area contributed by atoms with Crippen LogP contribution in [0, 0.1) is 6.92 Å². The van der Waals surface area contributed by atoms with Crippen LogP contribution in [0.2, 0.25) is 0 Å². The van der Waals surface area contributed by atoms with Gasteiger partial charge in [0, 0.05) is 23.8 Å². The van der Waals surface area contributed by atoms with Gasteiger partial charge in [-0.05, 0) is 36.2 Å². The summed E-state index contributed by atoms with van der Waals surface area (Å²) < 4.78 is 42.4. The maximum absolute atomic E-state index is 12.4. The number of aromatic amines is 1. The van der Waals surface area contributed by atoms with Crippen molar-refractivity contribution in [3.63, 3.8) is 0 Å². The summed E-state index contributed by atoms with van der Waals surface area (Å²) in [6.45, 7) is 0.628. The van der Waals surface area contributed by atoms with E-state index in [-0.39, 0.29) is 11.3 Å². The van der Waals surface area contributed by atoms with Gasteiger partial charge < -0.3 is 10.1 Å². The third kappa shape index (κ3) is 4.48. The van der Waals surface area contributed by atoms with Crippen LogP contribution in [0.5, 0.6) is 5.75 Å². The Kier molecular flexibility index (Phi) is 5.68. The van der Waals surface area contributed by atoms with Crippen LogP contribution in [0.1, 0.15) is 33.5 Å². The topological polar surface area (TPSA) is 91.7 Å². The fraction of sp³-hybridized carbons (Fsp3) is 0.273. The largest absolute Gasteiger partial charge is 0.496 e. The molecule has 0 bridgehead atoms. The standard InChI is InChI=1S/C22H20F3N5O2/c1-12-13(4-6-18-17(12)10-27-29-18)7-15-9-19(30-28-15)14-3-5-16(20(8-14)32-2)21(31)26-11-22(23,24)25/h3-6,8,10H,7,9,11H2,1-2H3,(H,26,31)(H,27,29). The van der Waals surface area contributed by atoms with Crippen LogP contribution in [-0.2, 0) is 6.42 Å². The monoisotopic (exact) mass is 443 g/mol. The number of hydrogen-bond donors (Lipinski definition) is 2. The smallest absolute Gasteiger partial charge is 0.405 e. The Hall–Kier alpha value is -3.69. The first-order valence-corrected chi connectivity index (χ1v) is 9.82. The number of carbonyl (C=O) groups excluding carboxylic acids is 1. The van der Waals surface area contributed by atoms with Gasteiger partial charge in [0.2, 0.25) is 0 Å². The number of nitrogens with one attached hydrogen (secondary N) is 2. The van der Waals surface area contributed by atoms with Crippen LogP contribution in [-0.4, -0.2) is 47.4 Å². The third-order valence-corrected chi connectivity index (χ3v) is 5.31. The van der Waals surface area contributed by atoms with E-state index in [1.54, 1.807) is 18.3 Å². The molecular formula is C22H20F3N5O2. The molecule has 4 rings (SSSR count). The number of carbonyl (C=O) groups is 1. The fourth-order valence-corrected chi connectivity index (χ4v) is 3.60. The van der Waals surface area contributed by atoms with E-state index < -0.39 is 18.6 Å². The van der Waals surface area contributed by atoms with E-state index >= 15 is 0 Å². The van der Waals surface area contributed by atoms with E-state index in [2.05, 4.69) is 20.4 Å². The number of halogens is 3.